The molecule has 0 aliphatic heterocycles. The lowest BCUT2D eigenvalue weighted by Crippen LogP contribution is -2.03. The first kappa shape index (κ1) is 12.0. The van der Waals surface area contributed by atoms with Crippen molar-refractivity contribution >= 4 is 17.5 Å². The van der Waals surface area contributed by atoms with Crippen molar-refractivity contribution in [3.8, 4) is 0 Å². The third-order valence-corrected chi connectivity index (χ3v) is 2.36. The van der Waals surface area contributed by atoms with Crippen LogP contribution in [0, 0.1) is 12.7 Å². The lowest BCUT2D eigenvalue weighted by atomic mass is 10.2. The number of aryl methyl sites for hydroxylation is 1. The van der Waals surface area contributed by atoms with Crippen LogP contribution < -0.4 is 5.32 Å². The summed E-state index contributed by atoms with van der Waals surface area (Å²) in [5, 5.41) is 11.5. The third-order valence-electron chi connectivity index (χ3n) is 2.36. The number of hydrogen-bond acceptors (Lipinski definition) is 3. The van der Waals surface area contributed by atoms with Crippen molar-refractivity contribution in [2.24, 2.45) is 0 Å². The number of aromatic carboxylic acids is 1. The van der Waals surface area contributed by atoms with Crippen LogP contribution in [0.1, 0.15) is 16.1 Å². The zero-order valence-corrected chi connectivity index (χ0v) is 9.64. The monoisotopic (exact) mass is 246 g/mol. The molecule has 0 aliphatic rings. The number of carbonyl (C=O) groups is 1. The fourth-order valence-electron chi connectivity index (χ4n) is 1.48. The van der Waals surface area contributed by atoms with E-state index < -0.39 is 11.8 Å². The molecule has 1 aromatic heterocycles. The van der Waals surface area contributed by atoms with Crippen molar-refractivity contribution in [3.05, 3.63) is 53.5 Å². The molecule has 0 saturated carbocycles. The normalized spacial score (nSPS) is 10.1. The van der Waals surface area contributed by atoms with E-state index in [1.165, 1.54) is 12.1 Å². The molecule has 0 amide bonds. The molecule has 1 aromatic carbocycles. The fraction of sp³-hybridized carbons (Fsp3) is 0.0769. The Morgan fingerprint density at radius 3 is 2.78 bits per heavy atom. The maximum absolute atomic E-state index is 13.6. The summed E-state index contributed by atoms with van der Waals surface area (Å²) in [5.41, 5.74) is 0.980. The SMILES string of the molecule is Cc1ccc(Nc2cccc(C(=O)O)n2)c(F)c1. The van der Waals surface area contributed by atoms with Gasteiger partial charge < -0.3 is 10.4 Å². The van der Waals surface area contributed by atoms with Crippen LogP contribution in [0.15, 0.2) is 36.4 Å². The highest BCUT2D eigenvalue weighted by Gasteiger charge is 2.07. The first-order valence-electron chi connectivity index (χ1n) is 5.30. The molecule has 0 spiro atoms. The maximum atomic E-state index is 13.6. The van der Waals surface area contributed by atoms with E-state index in [4.69, 9.17) is 5.11 Å². The standard InChI is InChI=1S/C13H11FN2O2/c1-8-5-6-10(9(14)7-8)15-12-4-2-3-11(16-12)13(17)18/h2-7H,1H3,(H,15,16)(H,17,18). The number of nitrogens with zero attached hydrogens (tertiary/aromatic N) is 1. The van der Waals surface area contributed by atoms with E-state index in [2.05, 4.69) is 10.3 Å². The van der Waals surface area contributed by atoms with Crippen LogP contribution >= 0.6 is 0 Å². The average Bonchev–Trinajstić information content (AvgIpc) is 2.33. The number of carboxylic acid groups (broad SMARTS) is 1. The molecule has 4 nitrogen and oxygen atoms in total. The van der Waals surface area contributed by atoms with Crippen LogP contribution in [0.2, 0.25) is 0 Å². The summed E-state index contributed by atoms with van der Waals surface area (Å²) in [4.78, 5) is 14.6. The summed E-state index contributed by atoms with van der Waals surface area (Å²) in [6.07, 6.45) is 0. The number of rotatable bonds is 3. The van der Waals surface area contributed by atoms with Crippen LogP contribution in [0.5, 0.6) is 0 Å². The summed E-state index contributed by atoms with van der Waals surface area (Å²) >= 11 is 0. The van der Waals surface area contributed by atoms with E-state index in [9.17, 15) is 9.18 Å². The second-order valence-corrected chi connectivity index (χ2v) is 3.82. The summed E-state index contributed by atoms with van der Waals surface area (Å²) < 4.78 is 13.6. The molecule has 2 aromatic rings. The average molecular weight is 246 g/mol. The molecule has 92 valence electrons. The van der Waals surface area contributed by atoms with Crippen LogP contribution in [0.4, 0.5) is 15.9 Å². The van der Waals surface area contributed by atoms with Crippen LogP contribution in [0.25, 0.3) is 0 Å². The Bertz CT molecular complexity index is 599. The van der Waals surface area contributed by atoms with Gasteiger partial charge in [-0.05, 0) is 36.8 Å². The number of hydrogen-bond donors (Lipinski definition) is 2. The maximum Gasteiger partial charge on any atom is 0.354 e. The van der Waals surface area contributed by atoms with Crippen molar-refractivity contribution in [2.75, 3.05) is 5.32 Å². The quantitative estimate of drug-likeness (QED) is 0.874. The second-order valence-electron chi connectivity index (χ2n) is 3.82. The van der Waals surface area contributed by atoms with Gasteiger partial charge in [-0.25, -0.2) is 14.2 Å². The van der Waals surface area contributed by atoms with Crippen molar-refractivity contribution in [3.63, 3.8) is 0 Å². The van der Waals surface area contributed by atoms with Crippen LogP contribution in [0.3, 0.4) is 0 Å². The van der Waals surface area contributed by atoms with E-state index >= 15 is 0 Å². The molecule has 0 radical (unpaired) electrons. The van der Waals surface area contributed by atoms with E-state index in [1.54, 1.807) is 31.2 Å². The Hall–Kier alpha value is -2.43. The molecule has 0 bridgehead atoms. The van der Waals surface area contributed by atoms with Crippen molar-refractivity contribution in [2.45, 2.75) is 6.92 Å². The molecular formula is C13H11FN2O2. The van der Waals surface area contributed by atoms with E-state index in [-0.39, 0.29) is 17.2 Å². The van der Waals surface area contributed by atoms with Gasteiger partial charge in [0.25, 0.3) is 0 Å². The molecule has 0 atom stereocenters. The number of halogens is 1. The van der Waals surface area contributed by atoms with E-state index in [0.717, 1.165) is 5.56 Å². The zero-order chi connectivity index (χ0) is 13.1. The van der Waals surface area contributed by atoms with E-state index in [1.807, 2.05) is 0 Å². The summed E-state index contributed by atoms with van der Waals surface area (Å²) in [7, 11) is 0. The van der Waals surface area contributed by atoms with Gasteiger partial charge in [-0.15, -0.1) is 0 Å². The number of anilines is 2. The zero-order valence-electron chi connectivity index (χ0n) is 9.64. The lowest BCUT2D eigenvalue weighted by Gasteiger charge is -2.07. The minimum Gasteiger partial charge on any atom is -0.477 e. The minimum absolute atomic E-state index is 0.0903. The number of aromatic nitrogens is 1. The Morgan fingerprint density at radius 1 is 1.33 bits per heavy atom. The molecule has 18 heavy (non-hydrogen) atoms. The van der Waals surface area contributed by atoms with Gasteiger partial charge in [0.15, 0.2) is 5.69 Å². The van der Waals surface area contributed by atoms with Gasteiger partial charge in [0.1, 0.15) is 11.6 Å². The number of carboxylic acids is 1. The van der Waals surface area contributed by atoms with Crippen LogP contribution in [-0.2, 0) is 0 Å². The predicted octanol–water partition coefficient (Wildman–Crippen LogP) is 2.97. The molecule has 0 fully saturated rings. The van der Waals surface area contributed by atoms with Gasteiger partial charge in [0.2, 0.25) is 0 Å². The molecule has 2 rings (SSSR count). The van der Waals surface area contributed by atoms with Gasteiger partial charge >= 0.3 is 5.97 Å². The fourth-order valence-corrected chi connectivity index (χ4v) is 1.48. The van der Waals surface area contributed by atoms with Gasteiger partial charge in [-0.2, -0.15) is 0 Å². The summed E-state index contributed by atoms with van der Waals surface area (Å²) in [6, 6.07) is 9.23. The molecule has 2 N–H and O–H groups in total. The first-order valence-corrected chi connectivity index (χ1v) is 5.30. The van der Waals surface area contributed by atoms with Gasteiger partial charge in [0, 0.05) is 0 Å². The largest absolute Gasteiger partial charge is 0.477 e. The molecule has 0 aliphatic carbocycles. The minimum atomic E-state index is -1.12. The third kappa shape index (κ3) is 2.63. The predicted molar refractivity (Wildman–Crippen MR) is 65.6 cm³/mol. The molecule has 1 heterocycles. The number of nitrogens with one attached hydrogen (secondary N) is 1. The van der Waals surface area contributed by atoms with Crippen LogP contribution in [-0.4, -0.2) is 16.1 Å². The topological polar surface area (TPSA) is 62.2 Å². The number of pyridine rings is 1. The highest BCUT2D eigenvalue weighted by atomic mass is 19.1. The highest BCUT2D eigenvalue weighted by Crippen LogP contribution is 2.19. The highest BCUT2D eigenvalue weighted by molar-refractivity contribution is 5.85. The molecular weight excluding hydrogens is 235 g/mol. The molecule has 0 saturated heterocycles. The Morgan fingerprint density at radius 2 is 2.11 bits per heavy atom. The Labute approximate surface area is 103 Å². The van der Waals surface area contributed by atoms with E-state index in [0.29, 0.717) is 0 Å². The lowest BCUT2D eigenvalue weighted by molar-refractivity contribution is 0.0690. The van der Waals surface area contributed by atoms with Crippen molar-refractivity contribution in [1.29, 1.82) is 0 Å². The van der Waals surface area contributed by atoms with Gasteiger partial charge in [0.05, 0.1) is 5.69 Å². The van der Waals surface area contributed by atoms with Gasteiger partial charge in [-0.3, -0.25) is 0 Å². The summed E-state index contributed by atoms with van der Waals surface area (Å²) in [6.45, 7) is 1.79. The number of benzene rings is 1. The Balaban J connectivity index is 2.28. The van der Waals surface area contributed by atoms with Gasteiger partial charge in [-0.1, -0.05) is 12.1 Å². The second kappa shape index (κ2) is 4.83. The summed E-state index contributed by atoms with van der Waals surface area (Å²) in [5.74, 6) is -1.24. The van der Waals surface area contributed by atoms with Crippen molar-refractivity contribution in [1.82, 2.24) is 4.98 Å². The molecule has 0 unspecified atom stereocenters. The Kier molecular flexibility index (Phi) is 3.23. The van der Waals surface area contributed by atoms with Crippen molar-refractivity contribution < 1.29 is 14.3 Å². The molecule has 5 heteroatoms. The first-order chi connectivity index (χ1) is 8.56. The smallest absolute Gasteiger partial charge is 0.354 e.